The fourth-order valence-electron chi connectivity index (χ4n) is 1.99. The highest BCUT2D eigenvalue weighted by Gasteiger charge is 2.10. The molecule has 1 N–H and O–H groups in total. The van der Waals surface area contributed by atoms with Crippen LogP contribution in [-0.2, 0) is 6.61 Å². The first-order valence-corrected chi connectivity index (χ1v) is 6.79. The van der Waals surface area contributed by atoms with E-state index in [-0.39, 0.29) is 5.56 Å². The molecule has 3 heteroatoms. The van der Waals surface area contributed by atoms with Gasteiger partial charge in [-0.1, -0.05) is 36.4 Å². The van der Waals surface area contributed by atoms with E-state index in [1.54, 1.807) is 18.2 Å². The Morgan fingerprint density at radius 1 is 1.19 bits per heavy atom. The van der Waals surface area contributed by atoms with Gasteiger partial charge in [0, 0.05) is 5.56 Å². The first-order chi connectivity index (χ1) is 10.1. The van der Waals surface area contributed by atoms with Crippen molar-refractivity contribution in [2.24, 2.45) is 0 Å². The lowest BCUT2D eigenvalue weighted by Gasteiger charge is -2.13. The summed E-state index contributed by atoms with van der Waals surface area (Å²) >= 11 is 0. The standard InChI is InChI=1S/C18H18O3/c1-3-13(2)16-11-15(18(19)20)9-10-17(16)21-12-14-7-5-4-6-8-14/h3-11H,12H2,1-2H3,(H,19,20)/b13-3-. The summed E-state index contributed by atoms with van der Waals surface area (Å²) in [4.78, 5) is 11.1. The van der Waals surface area contributed by atoms with Crippen molar-refractivity contribution in [3.63, 3.8) is 0 Å². The molecule has 0 spiro atoms. The Bertz CT molecular complexity index is 657. The van der Waals surface area contributed by atoms with Crippen LogP contribution in [0.3, 0.4) is 0 Å². The third kappa shape index (κ3) is 3.72. The molecule has 0 amide bonds. The van der Waals surface area contributed by atoms with E-state index in [9.17, 15) is 4.79 Å². The second kappa shape index (κ2) is 6.75. The maximum Gasteiger partial charge on any atom is 0.335 e. The smallest absolute Gasteiger partial charge is 0.335 e. The van der Waals surface area contributed by atoms with Crippen LogP contribution in [0.4, 0.5) is 0 Å². The topological polar surface area (TPSA) is 46.5 Å². The largest absolute Gasteiger partial charge is 0.488 e. The van der Waals surface area contributed by atoms with Crippen molar-refractivity contribution in [1.82, 2.24) is 0 Å². The van der Waals surface area contributed by atoms with E-state index in [4.69, 9.17) is 9.84 Å². The van der Waals surface area contributed by atoms with Gasteiger partial charge in [-0.2, -0.15) is 0 Å². The summed E-state index contributed by atoms with van der Waals surface area (Å²) < 4.78 is 5.85. The molecule has 0 bridgehead atoms. The molecular formula is C18H18O3. The molecule has 0 heterocycles. The van der Waals surface area contributed by atoms with Crippen LogP contribution in [0.2, 0.25) is 0 Å². The molecule has 0 unspecified atom stereocenters. The highest BCUT2D eigenvalue weighted by atomic mass is 16.5. The molecule has 0 aliphatic rings. The summed E-state index contributed by atoms with van der Waals surface area (Å²) in [5.74, 6) is -0.241. The number of carbonyl (C=O) groups is 1. The monoisotopic (exact) mass is 282 g/mol. The Morgan fingerprint density at radius 2 is 1.90 bits per heavy atom. The molecule has 0 radical (unpaired) electrons. The minimum absolute atomic E-state index is 0.262. The highest BCUT2D eigenvalue weighted by molar-refractivity contribution is 5.89. The van der Waals surface area contributed by atoms with E-state index in [1.807, 2.05) is 50.3 Å². The molecule has 0 aliphatic carbocycles. The van der Waals surface area contributed by atoms with Gasteiger partial charge in [0.1, 0.15) is 12.4 Å². The Balaban J connectivity index is 2.28. The molecule has 0 atom stereocenters. The Labute approximate surface area is 124 Å². The van der Waals surface area contributed by atoms with Crippen LogP contribution in [0.25, 0.3) is 5.57 Å². The fraction of sp³-hybridized carbons (Fsp3) is 0.167. The zero-order valence-electron chi connectivity index (χ0n) is 12.2. The van der Waals surface area contributed by atoms with Crippen molar-refractivity contribution >= 4 is 11.5 Å². The Hall–Kier alpha value is -2.55. The number of rotatable bonds is 5. The molecule has 0 fully saturated rings. The first kappa shape index (κ1) is 14.9. The summed E-state index contributed by atoms with van der Waals surface area (Å²) in [5, 5.41) is 9.10. The van der Waals surface area contributed by atoms with E-state index in [0.717, 1.165) is 16.7 Å². The van der Waals surface area contributed by atoms with Crippen molar-refractivity contribution in [3.05, 3.63) is 71.3 Å². The fourth-order valence-corrected chi connectivity index (χ4v) is 1.99. The molecule has 0 saturated heterocycles. The number of aromatic carboxylic acids is 1. The van der Waals surface area contributed by atoms with Crippen molar-refractivity contribution in [2.75, 3.05) is 0 Å². The molecule has 2 aromatic carbocycles. The maximum atomic E-state index is 11.1. The van der Waals surface area contributed by atoms with Gasteiger partial charge in [0.25, 0.3) is 0 Å². The lowest BCUT2D eigenvalue weighted by molar-refractivity contribution is 0.0697. The second-order valence-electron chi connectivity index (χ2n) is 4.76. The van der Waals surface area contributed by atoms with Crippen LogP contribution in [0.15, 0.2) is 54.6 Å². The zero-order valence-corrected chi connectivity index (χ0v) is 12.2. The summed E-state index contributed by atoms with van der Waals surface area (Å²) in [6.07, 6.45) is 1.94. The lowest BCUT2D eigenvalue weighted by Crippen LogP contribution is -2.01. The minimum Gasteiger partial charge on any atom is -0.488 e. The van der Waals surface area contributed by atoms with Gasteiger partial charge in [0.05, 0.1) is 5.56 Å². The summed E-state index contributed by atoms with van der Waals surface area (Å²) in [5.41, 5.74) is 3.14. The number of ether oxygens (including phenoxy) is 1. The van der Waals surface area contributed by atoms with Gasteiger partial charge >= 0.3 is 5.97 Å². The average Bonchev–Trinajstić information content (AvgIpc) is 2.52. The van der Waals surface area contributed by atoms with E-state index in [1.165, 1.54) is 0 Å². The van der Waals surface area contributed by atoms with Crippen LogP contribution < -0.4 is 4.74 Å². The van der Waals surface area contributed by atoms with Crippen molar-refractivity contribution < 1.29 is 14.6 Å². The first-order valence-electron chi connectivity index (χ1n) is 6.79. The van der Waals surface area contributed by atoms with Crippen LogP contribution in [-0.4, -0.2) is 11.1 Å². The van der Waals surface area contributed by atoms with Crippen molar-refractivity contribution in [2.45, 2.75) is 20.5 Å². The predicted molar refractivity (Wildman–Crippen MR) is 83.5 cm³/mol. The highest BCUT2D eigenvalue weighted by Crippen LogP contribution is 2.28. The number of hydrogen-bond donors (Lipinski definition) is 1. The number of allylic oxidation sites excluding steroid dienone is 2. The van der Waals surface area contributed by atoms with Crippen molar-refractivity contribution in [1.29, 1.82) is 0 Å². The van der Waals surface area contributed by atoms with Gasteiger partial charge in [-0.3, -0.25) is 0 Å². The molecule has 0 aliphatic heterocycles. The van der Waals surface area contributed by atoms with E-state index in [2.05, 4.69) is 0 Å². The van der Waals surface area contributed by atoms with E-state index in [0.29, 0.717) is 12.4 Å². The number of hydrogen-bond acceptors (Lipinski definition) is 2. The van der Waals surface area contributed by atoms with Crippen LogP contribution in [0.5, 0.6) is 5.75 Å². The van der Waals surface area contributed by atoms with Crippen LogP contribution in [0, 0.1) is 0 Å². The van der Waals surface area contributed by atoms with Gasteiger partial charge in [-0.05, 0) is 43.2 Å². The summed E-state index contributed by atoms with van der Waals surface area (Å²) in [6, 6.07) is 14.8. The normalized spacial score (nSPS) is 11.2. The Morgan fingerprint density at radius 3 is 2.52 bits per heavy atom. The lowest BCUT2D eigenvalue weighted by atomic mass is 10.0. The molecule has 2 rings (SSSR count). The third-order valence-corrected chi connectivity index (χ3v) is 3.32. The Kier molecular flexibility index (Phi) is 4.77. The molecule has 108 valence electrons. The molecule has 21 heavy (non-hydrogen) atoms. The minimum atomic E-state index is -0.935. The molecular weight excluding hydrogens is 264 g/mol. The quantitative estimate of drug-likeness (QED) is 0.884. The maximum absolute atomic E-state index is 11.1. The average molecular weight is 282 g/mol. The predicted octanol–water partition coefficient (Wildman–Crippen LogP) is 4.39. The number of carboxylic acids is 1. The van der Waals surface area contributed by atoms with Crippen molar-refractivity contribution in [3.8, 4) is 5.75 Å². The number of benzene rings is 2. The number of carboxylic acid groups (broad SMARTS) is 1. The zero-order chi connectivity index (χ0) is 15.2. The molecule has 3 nitrogen and oxygen atoms in total. The SMILES string of the molecule is C/C=C(/C)c1cc(C(=O)O)ccc1OCc1ccccc1. The molecule has 2 aromatic rings. The summed E-state index contributed by atoms with van der Waals surface area (Å²) in [7, 11) is 0. The second-order valence-corrected chi connectivity index (χ2v) is 4.76. The van der Waals surface area contributed by atoms with Gasteiger partial charge < -0.3 is 9.84 Å². The van der Waals surface area contributed by atoms with Gasteiger partial charge in [-0.25, -0.2) is 4.79 Å². The van der Waals surface area contributed by atoms with Crippen LogP contribution in [0.1, 0.15) is 35.3 Å². The van der Waals surface area contributed by atoms with Gasteiger partial charge in [0.2, 0.25) is 0 Å². The molecule has 0 saturated carbocycles. The summed E-state index contributed by atoms with van der Waals surface area (Å²) in [6.45, 7) is 4.32. The van der Waals surface area contributed by atoms with E-state index >= 15 is 0 Å². The third-order valence-electron chi connectivity index (χ3n) is 3.32. The van der Waals surface area contributed by atoms with E-state index < -0.39 is 5.97 Å². The van der Waals surface area contributed by atoms with Crippen LogP contribution >= 0.6 is 0 Å². The molecule has 0 aromatic heterocycles. The van der Waals surface area contributed by atoms with Gasteiger partial charge in [-0.15, -0.1) is 0 Å². The van der Waals surface area contributed by atoms with Gasteiger partial charge in [0.15, 0.2) is 0 Å².